The smallest absolute Gasteiger partial charge is 0.0467 e. The molecule has 0 radical (unpaired) electrons. The highest BCUT2D eigenvalue weighted by Crippen LogP contribution is 2.19. The van der Waals surface area contributed by atoms with Crippen LogP contribution in [0, 0.1) is 0 Å². The molecule has 1 unspecified atom stereocenters. The van der Waals surface area contributed by atoms with Gasteiger partial charge < -0.3 is 10.6 Å². The van der Waals surface area contributed by atoms with Crippen LogP contribution >= 0.6 is 0 Å². The summed E-state index contributed by atoms with van der Waals surface area (Å²) in [6, 6.07) is 9.20. The molecule has 108 valence electrons. The first-order chi connectivity index (χ1) is 9.08. The Bertz CT molecular complexity index is 346. The topological polar surface area (TPSA) is 32.5 Å². The molecule has 3 heteroatoms. The molecule has 1 atom stereocenters. The molecule has 0 heterocycles. The van der Waals surface area contributed by atoms with E-state index in [0.717, 1.165) is 19.5 Å². The van der Waals surface area contributed by atoms with Crippen LogP contribution in [-0.2, 0) is 6.42 Å². The molecule has 0 aliphatic carbocycles. The van der Waals surface area contributed by atoms with Gasteiger partial charge in [0.15, 0.2) is 0 Å². The predicted octanol–water partition coefficient (Wildman–Crippen LogP) is 2.13. The van der Waals surface area contributed by atoms with Crippen molar-refractivity contribution in [3.05, 3.63) is 35.4 Å². The lowest BCUT2D eigenvalue weighted by Gasteiger charge is -2.28. The summed E-state index contributed by atoms with van der Waals surface area (Å²) in [5, 5.41) is 0. The Morgan fingerprint density at radius 1 is 1.05 bits per heavy atom. The second-order valence-electron chi connectivity index (χ2n) is 5.48. The van der Waals surface area contributed by atoms with E-state index >= 15 is 0 Å². The zero-order valence-electron chi connectivity index (χ0n) is 12.9. The van der Waals surface area contributed by atoms with Gasteiger partial charge in [0.05, 0.1) is 0 Å². The van der Waals surface area contributed by atoms with E-state index in [1.807, 2.05) is 0 Å². The summed E-state index contributed by atoms with van der Waals surface area (Å²) < 4.78 is 0. The van der Waals surface area contributed by atoms with Gasteiger partial charge in [-0.2, -0.15) is 0 Å². The average Bonchev–Trinajstić information content (AvgIpc) is 2.40. The fourth-order valence-corrected chi connectivity index (χ4v) is 2.34. The molecule has 1 aromatic carbocycles. The fourth-order valence-electron chi connectivity index (χ4n) is 2.34. The van der Waals surface area contributed by atoms with Crippen LogP contribution < -0.4 is 5.73 Å². The molecule has 1 aromatic rings. The van der Waals surface area contributed by atoms with Crippen LogP contribution in [0.25, 0.3) is 0 Å². The molecule has 0 spiro atoms. The van der Waals surface area contributed by atoms with Gasteiger partial charge in [0.1, 0.15) is 0 Å². The molecule has 19 heavy (non-hydrogen) atoms. The molecule has 0 aromatic heterocycles. The lowest BCUT2D eigenvalue weighted by atomic mass is 10.0. The van der Waals surface area contributed by atoms with Crippen molar-refractivity contribution in [2.45, 2.75) is 25.8 Å². The molecule has 0 saturated heterocycles. The van der Waals surface area contributed by atoms with Crippen LogP contribution in [0.5, 0.6) is 0 Å². The van der Waals surface area contributed by atoms with E-state index in [9.17, 15) is 0 Å². The van der Waals surface area contributed by atoms with Crippen molar-refractivity contribution in [3.63, 3.8) is 0 Å². The minimum Gasteiger partial charge on any atom is -0.329 e. The Hall–Kier alpha value is -0.900. The summed E-state index contributed by atoms with van der Waals surface area (Å²) in [4.78, 5) is 4.59. The maximum absolute atomic E-state index is 5.96. The van der Waals surface area contributed by atoms with Gasteiger partial charge >= 0.3 is 0 Å². The highest BCUT2D eigenvalue weighted by atomic mass is 15.1. The quantitative estimate of drug-likeness (QED) is 0.780. The molecule has 0 fully saturated rings. The largest absolute Gasteiger partial charge is 0.329 e. The first-order valence-electron chi connectivity index (χ1n) is 7.22. The van der Waals surface area contributed by atoms with Gasteiger partial charge in [-0.15, -0.1) is 0 Å². The van der Waals surface area contributed by atoms with E-state index in [4.69, 9.17) is 5.73 Å². The Morgan fingerprint density at radius 3 is 2.16 bits per heavy atom. The number of likely N-dealkylation sites (N-methyl/N-ethyl adjacent to an activating group) is 1. The Balaban J connectivity index is 2.59. The Labute approximate surface area is 118 Å². The van der Waals surface area contributed by atoms with Gasteiger partial charge in [0.25, 0.3) is 0 Å². The van der Waals surface area contributed by atoms with Gasteiger partial charge in [0.2, 0.25) is 0 Å². The number of benzene rings is 1. The minimum absolute atomic E-state index is 0.327. The van der Waals surface area contributed by atoms with Gasteiger partial charge in [-0.05, 0) is 58.2 Å². The molecule has 0 saturated carbocycles. The summed E-state index contributed by atoms with van der Waals surface area (Å²) in [5.74, 6) is 0. The zero-order chi connectivity index (χ0) is 14.3. The normalized spacial score (nSPS) is 13.2. The number of hydrogen-bond acceptors (Lipinski definition) is 3. The lowest BCUT2D eigenvalue weighted by Crippen LogP contribution is -2.32. The third kappa shape index (κ3) is 5.31. The van der Waals surface area contributed by atoms with Gasteiger partial charge in [-0.3, -0.25) is 4.90 Å². The molecule has 0 amide bonds. The molecule has 1 rings (SSSR count). The number of hydrogen-bond donors (Lipinski definition) is 1. The maximum Gasteiger partial charge on any atom is 0.0467 e. The number of rotatable bonds is 8. The second kappa shape index (κ2) is 8.31. The molecule has 3 nitrogen and oxygen atoms in total. The zero-order valence-corrected chi connectivity index (χ0v) is 12.9. The van der Waals surface area contributed by atoms with Crippen molar-refractivity contribution >= 4 is 0 Å². The molecular formula is C16H29N3. The van der Waals surface area contributed by atoms with Crippen molar-refractivity contribution < 1.29 is 0 Å². The summed E-state index contributed by atoms with van der Waals surface area (Å²) in [7, 11) is 6.40. The van der Waals surface area contributed by atoms with E-state index in [0.29, 0.717) is 12.6 Å². The van der Waals surface area contributed by atoms with Crippen molar-refractivity contribution in [2.24, 2.45) is 5.73 Å². The number of nitrogens with zero attached hydrogens (tertiary/aromatic N) is 2. The van der Waals surface area contributed by atoms with E-state index in [-0.39, 0.29) is 0 Å². The van der Waals surface area contributed by atoms with Crippen LogP contribution in [0.1, 0.15) is 30.5 Å². The van der Waals surface area contributed by atoms with E-state index < -0.39 is 0 Å². The highest BCUT2D eigenvalue weighted by molar-refractivity contribution is 5.25. The average molecular weight is 263 g/mol. The van der Waals surface area contributed by atoms with Crippen LogP contribution in [-0.4, -0.2) is 50.6 Å². The van der Waals surface area contributed by atoms with Crippen molar-refractivity contribution in [1.82, 2.24) is 9.80 Å². The van der Waals surface area contributed by atoms with Crippen LogP contribution in [0.3, 0.4) is 0 Å². The first kappa shape index (κ1) is 16.2. The summed E-state index contributed by atoms with van der Waals surface area (Å²) in [6.45, 7) is 5.05. The Kier molecular flexibility index (Phi) is 7.06. The summed E-state index contributed by atoms with van der Waals surface area (Å²) >= 11 is 0. The number of nitrogens with two attached hydrogens (primary N) is 1. The minimum atomic E-state index is 0.327. The Morgan fingerprint density at radius 2 is 1.68 bits per heavy atom. The molecule has 2 N–H and O–H groups in total. The van der Waals surface area contributed by atoms with Gasteiger partial charge in [-0.25, -0.2) is 0 Å². The van der Waals surface area contributed by atoms with E-state index in [2.05, 4.69) is 62.1 Å². The third-order valence-electron chi connectivity index (χ3n) is 3.64. The van der Waals surface area contributed by atoms with Crippen LogP contribution in [0.15, 0.2) is 24.3 Å². The SMILES string of the molecule is CCc1ccc(C(CN)N(C)CCCN(C)C)cc1. The third-order valence-corrected chi connectivity index (χ3v) is 3.64. The van der Waals surface area contributed by atoms with Crippen LogP contribution in [0.4, 0.5) is 0 Å². The van der Waals surface area contributed by atoms with E-state index in [1.165, 1.54) is 17.5 Å². The van der Waals surface area contributed by atoms with Crippen LogP contribution in [0.2, 0.25) is 0 Å². The van der Waals surface area contributed by atoms with Crippen molar-refractivity contribution in [2.75, 3.05) is 40.8 Å². The first-order valence-corrected chi connectivity index (χ1v) is 7.22. The predicted molar refractivity (Wildman–Crippen MR) is 83.4 cm³/mol. The monoisotopic (exact) mass is 263 g/mol. The number of aryl methyl sites for hydroxylation is 1. The van der Waals surface area contributed by atoms with Gasteiger partial charge in [0, 0.05) is 12.6 Å². The molecule has 0 bridgehead atoms. The van der Waals surface area contributed by atoms with Crippen molar-refractivity contribution in [3.8, 4) is 0 Å². The second-order valence-corrected chi connectivity index (χ2v) is 5.48. The molecule has 0 aliphatic heterocycles. The fraction of sp³-hybridized carbons (Fsp3) is 0.625. The summed E-state index contributed by atoms with van der Waals surface area (Å²) in [6.07, 6.45) is 2.26. The summed E-state index contributed by atoms with van der Waals surface area (Å²) in [5.41, 5.74) is 8.67. The van der Waals surface area contributed by atoms with E-state index in [1.54, 1.807) is 0 Å². The van der Waals surface area contributed by atoms with Gasteiger partial charge in [-0.1, -0.05) is 31.2 Å². The standard InChI is InChI=1S/C16H29N3/c1-5-14-7-9-15(10-8-14)16(13-17)19(4)12-6-11-18(2)3/h7-10,16H,5-6,11-13,17H2,1-4H3. The molecule has 0 aliphatic rings. The highest BCUT2D eigenvalue weighted by Gasteiger charge is 2.14. The maximum atomic E-state index is 5.96. The molecular weight excluding hydrogens is 234 g/mol. The van der Waals surface area contributed by atoms with Crippen molar-refractivity contribution in [1.29, 1.82) is 0 Å². The lowest BCUT2D eigenvalue weighted by molar-refractivity contribution is 0.235.